The largest absolute Gasteiger partial charge is 0.421 e. The highest BCUT2D eigenvalue weighted by Gasteiger charge is 2.40. The van der Waals surface area contributed by atoms with E-state index in [-0.39, 0.29) is 6.54 Å². The summed E-state index contributed by atoms with van der Waals surface area (Å²) in [6.07, 6.45) is -4.43. The molecule has 0 aliphatic carbocycles. The zero-order valence-electron chi connectivity index (χ0n) is 5.73. The highest BCUT2D eigenvalue weighted by atomic mass is 19.4. The van der Waals surface area contributed by atoms with Crippen LogP contribution in [0.25, 0.3) is 0 Å². The molecule has 6 heteroatoms. The van der Waals surface area contributed by atoms with Crippen molar-refractivity contribution in [3.63, 3.8) is 0 Å². The van der Waals surface area contributed by atoms with Crippen molar-refractivity contribution in [3.8, 4) is 0 Å². The summed E-state index contributed by atoms with van der Waals surface area (Å²) in [7, 11) is 0. The Morgan fingerprint density at radius 2 is 1.92 bits per heavy atom. The third-order valence-electron chi connectivity index (χ3n) is 1.28. The lowest BCUT2D eigenvalue weighted by Gasteiger charge is -2.14. The standard InChI is InChI=1S/C6H4F3NO2/c7-6(8,9)4-1-3(11)2-10-5(4)12/h1H,2H2,(H,10,12). The number of hydrogen-bond donors (Lipinski definition) is 1. The summed E-state index contributed by atoms with van der Waals surface area (Å²) in [4.78, 5) is 21.0. The molecule has 0 atom stereocenters. The van der Waals surface area contributed by atoms with Gasteiger partial charge < -0.3 is 5.32 Å². The maximum atomic E-state index is 11.9. The molecule has 12 heavy (non-hydrogen) atoms. The van der Waals surface area contributed by atoms with Crippen molar-refractivity contribution in [2.24, 2.45) is 0 Å². The van der Waals surface area contributed by atoms with Gasteiger partial charge in [-0.05, 0) is 0 Å². The van der Waals surface area contributed by atoms with Crippen LogP contribution < -0.4 is 5.32 Å². The molecule has 3 nitrogen and oxygen atoms in total. The monoisotopic (exact) mass is 179 g/mol. The van der Waals surface area contributed by atoms with Crippen LogP contribution >= 0.6 is 0 Å². The number of amides is 1. The summed E-state index contributed by atoms with van der Waals surface area (Å²) in [5.41, 5.74) is -1.43. The summed E-state index contributed by atoms with van der Waals surface area (Å²) < 4.78 is 35.7. The van der Waals surface area contributed by atoms with Crippen LogP contribution in [0.15, 0.2) is 11.6 Å². The van der Waals surface area contributed by atoms with E-state index in [1.165, 1.54) is 0 Å². The first kappa shape index (κ1) is 8.76. The summed E-state index contributed by atoms with van der Waals surface area (Å²) in [6.45, 7) is -0.363. The molecule has 0 radical (unpaired) electrons. The Bertz CT molecular complexity index is 266. The van der Waals surface area contributed by atoms with E-state index < -0.39 is 23.4 Å². The third kappa shape index (κ3) is 1.63. The summed E-state index contributed by atoms with van der Waals surface area (Å²) in [5, 5.41) is 1.81. The molecule has 1 aliphatic rings. The van der Waals surface area contributed by atoms with Crippen LogP contribution in [-0.2, 0) is 9.59 Å². The highest BCUT2D eigenvalue weighted by Crippen LogP contribution is 2.26. The van der Waals surface area contributed by atoms with Crippen LogP contribution in [-0.4, -0.2) is 24.4 Å². The van der Waals surface area contributed by atoms with Crippen LogP contribution in [0.5, 0.6) is 0 Å². The van der Waals surface area contributed by atoms with E-state index in [1.54, 1.807) is 0 Å². The average molecular weight is 179 g/mol. The molecule has 0 unspecified atom stereocenters. The van der Waals surface area contributed by atoms with E-state index in [0.717, 1.165) is 0 Å². The second-order valence-corrected chi connectivity index (χ2v) is 2.20. The molecule has 0 aromatic rings. The summed E-state index contributed by atoms with van der Waals surface area (Å²) in [5.74, 6) is -2.00. The van der Waals surface area contributed by atoms with E-state index in [2.05, 4.69) is 0 Å². The van der Waals surface area contributed by atoms with Gasteiger partial charge in [-0.3, -0.25) is 9.59 Å². The lowest BCUT2D eigenvalue weighted by Crippen LogP contribution is -2.39. The average Bonchev–Trinajstić information content (AvgIpc) is 1.92. The molecule has 0 aromatic carbocycles. The topological polar surface area (TPSA) is 46.2 Å². The fraction of sp³-hybridized carbons (Fsp3) is 0.333. The minimum atomic E-state index is -4.75. The van der Waals surface area contributed by atoms with Gasteiger partial charge in [-0.25, -0.2) is 0 Å². The summed E-state index contributed by atoms with van der Waals surface area (Å²) in [6, 6.07) is 0. The fourth-order valence-corrected chi connectivity index (χ4v) is 0.751. The van der Waals surface area contributed by atoms with E-state index >= 15 is 0 Å². The maximum Gasteiger partial charge on any atom is 0.421 e. The quantitative estimate of drug-likeness (QED) is 0.576. The van der Waals surface area contributed by atoms with Gasteiger partial charge in [-0.15, -0.1) is 0 Å². The Labute approximate surface area is 65.2 Å². The van der Waals surface area contributed by atoms with Crippen LogP contribution in [0.2, 0.25) is 0 Å². The van der Waals surface area contributed by atoms with E-state index in [1.807, 2.05) is 5.32 Å². The van der Waals surface area contributed by atoms with Gasteiger partial charge in [0.25, 0.3) is 5.91 Å². The molecular weight excluding hydrogens is 175 g/mol. The van der Waals surface area contributed by atoms with Crippen molar-refractivity contribution in [1.82, 2.24) is 5.32 Å². The predicted octanol–water partition coefficient (Wildman–Crippen LogP) is 0.174. The third-order valence-corrected chi connectivity index (χ3v) is 1.28. The number of carbonyl (C=O) groups is 2. The van der Waals surface area contributed by atoms with Crippen molar-refractivity contribution in [1.29, 1.82) is 0 Å². The number of halogens is 3. The number of hydrogen-bond acceptors (Lipinski definition) is 2. The smallest absolute Gasteiger partial charge is 0.345 e. The molecule has 1 amide bonds. The number of nitrogens with one attached hydrogen (secondary N) is 1. The van der Waals surface area contributed by atoms with E-state index in [9.17, 15) is 22.8 Å². The van der Waals surface area contributed by atoms with Crippen molar-refractivity contribution in [3.05, 3.63) is 11.6 Å². The molecule has 1 heterocycles. The Balaban J connectivity index is 3.00. The molecule has 0 spiro atoms. The zero-order chi connectivity index (χ0) is 9.35. The molecule has 0 aromatic heterocycles. The van der Waals surface area contributed by atoms with Gasteiger partial charge in [-0.2, -0.15) is 13.2 Å². The molecule has 0 saturated carbocycles. The minimum absolute atomic E-state index is 0.318. The van der Waals surface area contributed by atoms with Crippen LogP contribution in [0.4, 0.5) is 13.2 Å². The van der Waals surface area contributed by atoms with Gasteiger partial charge >= 0.3 is 6.18 Å². The first-order valence-electron chi connectivity index (χ1n) is 3.01. The van der Waals surface area contributed by atoms with Gasteiger partial charge in [0.15, 0.2) is 5.78 Å². The van der Waals surface area contributed by atoms with Crippen molar-refractivity contribution >= 4 is 11.7 Å². The number of alkyl halides is 3. The molecule has 1 aliphatic heterocycles. The fourth-order valence-electron chi connectivity index (χ4n) is 0.751. The number of rotatable bonds is 0. The predicted molar refractivity (Wildman–Crippen MR) is 32.2 cm³/mol. The van der Waals surface area contributed by atoms with Gasteiger partial charge in [-0.1, -0.05) is 0 Å². The van der Waals surface area contributed by atoms with Crippen LogP contribution in [0.3, 0.4) is 0 Å². The lowest BCUT2D eigenvalue weighted by molar-refractivity contribution is -0.134. The molecule has 0 fully saturated rings. The minimum Gasteiger partial charge on any atom is -0.345 e. The first-order chi connectivity index (χ1) is 5.41. The lowest BCUT2D eigenvalue weighted by atomic mass is 10.1. The van der Waals surface area contributed by atoms with Gasteiger partial charge in [0.05, 0.1) is 6.54 Å². The first-order valence-corrected chi connectivity index (χ1v) is 3.01. The highest BCUT2D eigenvalue weighted by molar-refractivity contribution is 6.08. The van der Waals surface area contributed by atoms with Crippen molar-refractivity contribution in [2.75, 3.05) is 6.54 Å². The maximum absolute atomic E-state index is 11.9. The molecule has 0 bridgehead atoms. The second-order valence-electron chi connectivity index (χ2n) is 2.20. The Morgan fingerprint density at radius 1 is 1.33 bits per heavy atom. The van der Waals surface area contributed by atoms with E-state index in [0.29, 0.717) is 6.08 Å². The van der Waals surface area contributed by atoms with Crippen molar-refractivity contribution in [2.45, 2.75) is 6.18 Å². The summed E-state index contributed by atoms with van der Waals surface area (Å²) >= 11 is 0. The number of carbonyl (C=O) groups excluding carboxylic acids is 2. The molecule has 1 N–H and O–H groups in total. The van der Waals surface area contributed by atoms with Crippen LogP contribution in [0.1, 0.15) is 0 Å². The molecular formula is C6H4F3NO2. The SMILES string of the molecule is O=C1C=C(C(F)(F)F)C(=O)NC1. The van der Waals surface area contributed by atoms with Gasteiger partial charge in [0.2, 0.25) is 0 Å². The molecule has 66 valence electrons. The van der Waals surface area contributed by atoms with Crippen molar-refractivity contribution < 1.29 is 22.8 Å². The Hall–Kier alpha value is -1.33. The number of ketones is 1. The van der Waals surface area contributed by atoms with E-state index in [4.69, 9.17) is 0 Å². The normalized spacial score (nSPS) is 18.8. The second kappa shape index (κ2) is 2.62. The van der Waals surface area contributed by atoms with Gasteiger partial charge in [0.1, 0.15) is 5.57 Å². The van der Waals surface area contributed by atoms with Crippen LogP contribution in [0, 0.1) is 0 Å². The molecule has 0 saturated heterocycles. The zero-order valence-corrected chi connectivity index (χ0v) is 5.73. The Morgan fingerprint density at radius 3 is 2.33 bits per heavy atom. The van der Waals surface area contributed by atoms with Gasteiger partial charge in [0, 0.05) is 6.08 Å². The Kier molecular flexibility index (Phi) is 1.91. The molecule has 1 rings (SSSR count).